The standard InChI is InChI=1S/C13H13O2.2ClH.Ti/c1-2-14-12-9-5-6-10-13(12)15-11-7-3-4-8-11;;;/h3,5-7,9-10H,2,4H2,1H3;2*1H;/q-1;;;+3/p-2. The van der Waals surface area contributed by atoms with E-state index in [1.165, 1.54) is 0 Å². The van der Waals surface area contributed by atoms with Gasteiger partial charge in [-0.15, -0.1) is 6.42 Å². The number of ether oxygens (including phenoxy) is 2. The topological polar surface area (TPSA) is 18.5 Å². The maximum atomic E-state index is 5.65. The van der Waals surface area contributed by atoms with Gasteiger partial charge in [0.1, 0.15) is 0 Å². The fourth-order valence-electron chi connectivity index (χ4n) is 1.38. The predicted octanol–water partition coefficient (Wildman–Crippen LogP) is -2.88. The Labute approximate surface area is 135 Å². The van der Waals surface area contributed by atoms with E-state index in [1.54, 1.807) is 0 Å². The molecule has 1 aromatic carbocycles. The number of allylic oxidation sites excluding steroid dienone is 3. The van der Waals surface area contributed by atoms with E-state index >= 15 is 0 Å². The molecule has 0 saturated carbocycles. The second-order valence-corrected chi connectivity index (χ2v) is 3.13. The molecule has 0 amide bonds. The number of halogens is 2. The van der Waals surface area contributed by atoms with Crippen molar-refractivity contribution < 1.29 is 56.0 Å². The summed E-state index contributed by atoms with van der Waals surface area (Å²) < 4.78 is 11.1. The summed E-state index contributed by atoms with van der Waals surface area (Å²) in [6, 6.07) is 7.65. The number of hydrogen-bond donors (Lipinski definition) is 0. The van der Waals surface area contributed by atoms with Gasteiger partial charge in [0, 0.05) is 0 Å². The summed E-state index contributed by atoms with van der Waals surface area (Å²) in [5.41, 5.74) is 0. The van der Waals surface area contributed by atoms with Gasteiger partial charge < -0.3 is 34.3 Å². The Bertz CT molecular complexity index is 406. The van der Waals surface area contributed by atoms with Gasteiger partial charge >= 0.3 is 21.7 Å². The van der Waals surface area contributed by atoms with Crippen LogP contribution in [0, 0.1) is 6.08 Å². The van der Waals surface area contributed by atoms with Crippen molar-refractivity contribution in [2.24, 2.45) is 0 Å². The molecule has 0 aromatic heterocycles. The van der Waals surface area contributed by atoms with E-state index in [9.17, 15) is 0 Å². The molecule has 0 aliphatic heterocycles. The number of benzene rings is 1. The summed E-state index contributed by atoms with van der Waals surface area (Å²) in [7, 11) is 0. The molecule has 18 heavy (non-hydrogen) atoms. The normalized spacial score (nSPS) is 11.5. The third kappa shape index (κ3) is 5.49. The van der Waals surface area contributed by atoms with Crippen LogP contribution >= 0.6 is 0 Å². The van der Waals surface area contributed by atoms with Crippen molar-refractivity contribution in [1.82, 2.24) is 0 Å². The second kappa shape index (κ2) is 10.5. The molecule has 0 atom stereocenters. The van der Waals surface area contributed by atoms with Crippen LogP contribution in [0.2, 0.25) is 0 Å². The quantitative estimate of drug-likeness (QED) is 0.438. The van der Waals surface area contributed by atoms with Crippen molar-refractivity contribution in [3.05, 3.63) is 48.3 Å². The van der Waals surface area contributed by atoms with E-state index in [1.807, 2.05) is 43.3 Å². The number of rotatable bonds is 4. The maximum absolute atomic E-state index is 5.65. The third-order valence-electron chi connectivity index (χ3n) is 2.03. The Balaban J connectivity index is 0. The number of hydrogen-bond acceptors (Lipinski definition) is 2. The summed E-state index contributed by atoms with van der Waals surface area (Å²) in [4.78, 5) is 0. The van der Waals surface area contributed by atoms with Crippen LogP contribution in [0.15, 0.2) is 42.2 Å². The van der Waals surface area contributed by atoms with Crippen LogP contribution < -0.4 is 34.3 Å². The molecular weight excluding hydrogens is 307 g/mol. The fraction of sp³-hybridized carbons (Fsp3) is 0.231. The van der Waals surface area contributed by atoms with E-state index in [0.29, 0.717) is 6.61 Å². The first-order chi connectivity index (χ1) is 7.40. The smallest absolute Gasteiger partial charge is 1.00 e. The molecule has 0 N–H and O–H groups in total. The largest absolute Gasteiger partial charge is 3.00 e. The Morgan fingerprint density at radius 1 is 1.17 bits per heavy atom. The third-order valence-corrected chi connectivity index (χ3v) is 2.03. The minimum atomic E-state index is 0. The molecule has 2 nitrogen and oxygen atoms in total. The fourth-order valence-corrected chi connectivity index (χ4v) is 1.38. The Morgan fingerprint density at radius 2 is 1.83 bits per heavy atom. The van der Waals surface area contributed by atoms with Crippen molar-refractivity contribution in [1.29, 1.82) is 0 Å². The molecule has 1 radical (unpaired) electrons. The average molecular weight is 320 g/mol. The van der Waals surface area contributed by atoms with Gasteiger partial charge in [-0.05, 0) is 24.8 Å². The zero-order valence-corrected chi connectivity index (χ0v) is 13.0. The molecule has 1 aromatic rings. The van der Waals surface area contributed by atoms with Crippen molar-refractivity contribution in [3.8, 4) is 11.5 Å². The predicted molar refractivity (Wildman–Crippen MR) is 58.8 cm³/mol. The SMILES string of the molecule is CCOc1ccccc1OC1=[C-]CC=C1.[Cl-].[Cl-].[Ti+3]. The van der Waals surface area contributed by atoms with E-state index in [-0.39, 0.29) is 46.5 Å². The van der Waals surface area contributed by atoms with Crippen molar-refractivity contribution in [3.63, 3.8) is 0 Å². The van der Waals surface area contributed by atoms with Gasteiger partial charge in [-0.2, -0.15) is 12.2 Å². The minimum absolute atomic E-state index is 0. The molecular formula is C13H13Cl2O2Ti. The van der Waals surface area contributed by atoms with Crippen molar-refractivity contribution in [2.45, 2.75) is 13.3 Å². The van der Waals surface area contributed by atoms with E-state index in [2.05, 4.69) is 6.08 Å². The van der Waals surface area contributed by atoms with Gasteiger partial charge in [0.05, 0.1) is 6.61 Å². The van der Waals surface area contributed by atoms with Gasteiger partial charge in [-0.1, -0.05) is 12.1 Å². The Morgan fingerprint density at radius 3 is 2.39 bits per heavy atom. The van der Waals surface area contributed by atoms with Crippen LogP contribution in [0.4, 0.5) is 0 Å². The summed E-state index contributed by atoms with van der Waals surface area (Å²) in [6.07, 6.45) is 7.86. The molecule has 0 spiro atoms. The first-order valence-electron chi connectivity index (χ1n) is 5.07. The van der Waals surface area contributed by atoms with Crippen LogP contribution in [-0.2, 0) is 21.7 Å². The monoisotopic (exact) mass is 319 g/mol. The van der Waals surface area contributed by atoms with Gasteiger partial charge in [-0.3, -0.25) is 0 Å². The average Bonchev–Trinajstić information content (AvgIpc) is 2.74. The molecule has 5 heteroatoms. The molecule has 1 aliphatic carbocycles. The van der Waals surface area contributed by atoms with Crippen LogP contribution in [0.25, 0.3) is 0 Å². The first kappa shape index (κ1) is 19.9. The number of para-hydroxylation sites is 2. The minimum Gasteiger partial charge on any atom is -1.00 e. The molecule has 95 valence electrons. The molecule has 0 bridgehead atoms. The summed E-state index contributed by atoms with van der Waals surface area (Å²) >= 11 is 0. The van der Waals surface area contributed by atoms with Crippen molar-refractivity contribution >= 4 is 0 Å². The zero-order chi connectivity index (χ0) is 10.5. The van der Waals surface area contributed by atoms with Gasteiger partial charge in [0.25, 0.3) is 0 Å². The molecule has 1 aliphatic rings. The molecule has 0 fully saturated rings. The van der Waals surface area contributed by atoms with Crippen LogP contribution in [0.1, 0.15) is 13.3 Å². The van der Waals surface area contributed by atoms with Crippen LogP contribution in [0.5, 0.6) is 11.5 Å². The van der Waals surface area contributed by atoms with Gasteiger partial charge in [0.2, 0.25) is 0 Å². The van der Waals surface area contributed by atoms with Crippen molar-refractivity contribution in [2.75, 3.05) is 6.61 Å². The van der Waals surface area contributed by atoms with E-state index < -0.39 is 0 Å². The summed E-state index contributed by atoms with van der Waals surface area (Å²) in [6.45, 7) is 2.59. The maximum Gasteiger partial charge on any atom is 3.00 e. The molecule has 0 heterocycles. The molecule has 0 saturated heterocycles. The Kier molecular flexibility index (Phi) is 11.6. The van der Waals surface area contributed by atoms with Gasteiger partial charge in [0.15, 0.2) is 11.5 Å². The van der Waals surface area contributed by atoms with Crippen LogP contribution in [0.3, 0.4) is 0 Å². The van der Waals surface area contributed by atoms with E-state index in [0.717, 1.165) is 23.7 Å². The second-order valence-electron chi connectivity index (χ2n) is 3.13. The summed E-state index contributed by atoms with van der Waals surface area (Å²) in [5.74, 6) is 2.28. The van der Waals surface area contributed by atoms with E-state index in [4.69, 9.17) is 9.47 Å². The molecule has 2 rings (SSSR count). The molecule has 0 unspecified atom stereocenters. The van der Waals surface area contributed by atoms with Gasteiger partial charge in [-0.25, -0.2) is 6.08 Å². The first-order valence-corrected chi connectivity index (χ1v) is 5.07. The zero-order valence-electron chi connectivity index (χ0n) is 9.95. The Hall–Kier alpha value is -0.406. The van der Waals surface area contributed by atoms with Crippen LogP contribution in [-0.4, -0.2) is 6.61 Å². The summed E-state index contributed by atoms with van der Waals surface area (Å²) in [5, 5.41) is 0.